The minimum Gasteiger partial charge on any atom is -0.476 e. The van der Waals surface area contributed by atoms with Crippen LogP contribution in [-0.2, 0) is 9.26 Å². The Balaban J connectivity index is 1.68. The first-order valence-corrected chi connectivity index (χ1v) is 9.62. The number of ether oxygens (including phenoxy) is 1. The fourth-order valence-electron chi connectivity index (χ4n) is 2.97. The summed E-state index contributed by atoms with van der Waals surface area (Å²) in [5.74, 6) is 1.50. The number of benzene rings is 2. The summed E-state index contributed by atoms with van der Waals surface area (Å²) in [6, 6.07) is 16.4. The number of rotatable bonds is 3. The lowest BCUT2D eigenvalue weighted by Crippen LogP contribution is -2.36. The minimum absolute atomic E-state index is 0.207. The summed E-state index contributed by atoms with van der Waals surface area (Å²) in [5, 5.41) is 1.09. The van der Waals surface area contributed by atoms with Crippen LogP contribution in [0, 0.1) is 0 Å². The van der Waals surface area contributed by atoms with E-state index in [2.05, 4.69) is 37.0 Å². The van der Waals surface area contributed by atoms with Gasteiger partial charge in [-0.3, -0.25) is 0 Å². The Morgan fingerprint density at radius 3 is 2.44 bits per heavy atom. The van der Waals surface area contributed by atoms with Crippen LogP contribution in [0.3, 0.4) is 0 Å². The standard InChI is InChI=1S/C20H22NO3P/c1-19(2)13-22-18(21-19)20(3,4)24-25-17-12-8-6-10-15(17)14-9-5-7-11-16(14)23-25/h5-12H,13H2,1-4H3. The van der Waals surface area contributed by atoms with Crippen LogP contribution in [0.4, 0.5) is 0 Å². The topological polar surface area (TPSA) is 40.0 Å². The lowest BCUT2D eigenvalue weighted by atomic mass is 10.0. The highest BCUT2D eigenvalue weighted by atomic mass is 31.2. The smallest absolute Gasteiger partial charge is 0.266 e. The molecule has 0 aliphatic carbocycles. The molecule has 0 bridgehead atoms. The number of nitrogens with zero attached hydrogens (tertiary/aromatic N) is 1. The van der Waals surface area contributed by atoms with Crippen molar-refractivity contribution in [1.82, 2.24) is 0 Å². The van der Waals surface area contributed by atoms with E-state index in [1.54, 1.807) is 0 Å². The second-order valence-corrected chi connectivity index (χ2v) is 8.84. The van der Waals surface area contributed by atoms with Crippen molar-refractivity contribution in [3.05, 3.63) is 48.5 Å². The predicted octanol–water partition coefficient (Wildman–Crippen LogP) is 4.69. The maximum absolute atomic E-state index is 6.43. The zero-order valence-corrected chi connectivity index (χ0v) is 15.8. The summed E-state index contributed by atoms with van der Waals surface area (Å²) in [6.45, 7) is 8.67. The maximum atomic E-state index is 6.43. The molecule has 0 saturated carbocycles. The molecule has 2 aliphatic rings. The molecule has 0 aromatic heterocycles. The Hall–Kier alpha value is -1.90. The maximum Gasteiger partial charge on any atom is 0.266 e. The molecule has 5 heteroatoms. The van der Waals surface area contributed by atoms with Gasteiger partial charge < -0.3 is 13.8 Å². The van der Waals surface area contributed by atoms with Crippen LogP contribution < -0.4 is 9.83 Å². The molecule has 1 unspecified atom stereocenters. The van der Waals surface area contributed by atoms with E-state index >= 15 is 0 Å². The first-order valence-electron chi connectivity index (χ1n) is 8.45. The van der Waals surface area contributed by atoms with Crippen LogP contribution >= 0.6 is 8.38 Å². The highest BCUT2D eigenvalue weighted by Crippen LogP contribution is 2.51. The summed E-state index contributed by atoms with van der Waals surface area (Å²) in [4.78, 5) is 4.68. The monoisotopic (exact) mass is 355 g/mol. The van der Waals surface area contributed by atoms with E-state index in [0.29, 0.717) is 12.5 Å². The fraction of sp³-hybridized carbons (Fsp3) is 0.350. The molecule has 2 aromatic carbocycles. The second-order valence-electron chi connectivity index (χ2n) is 7.48. The molecule has 0 radical (unpaired) electrons. The Labute approximate surface area is 149 Å². The van der Waals surface area contributed by atoms with Gasteiger partial charge in [0, 0.05) is 5.56 Å². The molecule has 130 valence electrons. The Kier molecular flexibility index (Phi) is 3.86. The van der Waals surface area contributed by atoms with Gasteiger partial charge in [0.2, 0.25) is 5.90 Å². The van der Waals surface area contributed by atoms with Gasteiger partial charge in [0.25, 0.3) is 8.38 Å². The summed E-state index contributed by atoms with van der Waals surface area (Å²) in [5.41, 5.74) is 1.41. The van der Waals surface area contributed by atoms with Crippen molar-refractivity contribution in [1.29, 1.82) is 0 Å². The van der Waals surface area contributed by atoms with Gasteiger partial charge in [-0.2, -0.15) is 0 Å². The van der Waals surface area contributed by atoms with Crippen molar-refractivity contribution >= 4 is 19.6 Å². The van der Waals surface area contributed by atoms with Crippen molar-refractivity contribution in [3.8, 4) is 16.9 Å². The van der Waals surface area contributed by atoms with Crippen LogP contribution in [0.25, 0.3) is 11.1 Å². The van der Waals surface area contributed by atoms with Crippen LogP contribution in [0.5, 0.6) is 5.75 Å². The highest BCUT2D eigenvalue weighted by Gasteiger charge is 2.41. The SMILES string of the molecule is CC1(C)COC(C(C)(C)OP2Oc3ccccc3-c3ccccc32)=N1. The molecular formula is C20H22NO3P. The third-order valence-corrected chi connectivity index (χ3v) is 6.02. The van der Waals surface area contributed by atoms with E-state index in [4.69, 9.17) is 13.8 Å². The molecule has 0 spiro atoms. The van der Waals surface area contributed by atoms with Gasteiger partial charge >= 0.3 is 0 Å². The third kappa shape index (κ3) is 3.05. The number of hydrogen-bond donors (Lipinski definition) is 0. The lowest BCUT2D eigenvalue weighted by Gasteiger charge is -2.33. The zero-order chi connectivity index (χ0) is 17.7. The van der Waals surface area contributed by atoms with Crippen molar-refractivity contribution in [3.63, 3.8) is 0 Å². The van der Waals surface area contributed by atoms with Gasteiger partial charge in [-0.05, 0) is 45.4 Å². The molecule has 0 saturated heterocycles. The third-order valence-electron chi connectivity index (χ3n) is 4.25. The molecule has 0 amide bonds. The van der Waals surface area contributed by atoms with Crippen LogP contribution in [-0.4, -0.2) is 23.6 Å². The number of fused-ring (bicyclic) bond motifs is 3. The van der Waals surface area contributed by atoms with E-state index in [1.165, 1.54) is 5.56 Å². The molecule has 2 heterocycles. The van der Waals surface area contributed by atoms with Crippen LogP contribution in [0.2, 0.25) is 0 Å². The van der Waals surface area contributed by atoms with Crippen molar-refractivity contribution in [2.45, 2.75) is 38.8 Å². The number of aliphatic imine (C=N–C) groups is 1. The summed E-state index contributed by atoms with van der Waals surface area (Å²) >= 11 is 0. The average Bonchev–Trinajstić information content (AvgIpc) is 2.96. The van der Waals surface area contributed by atoms with E-state index in [-0.39, 0.29) is 5.54 Å². The zero-order valence-electron chi connectivity index (χ0n) is 14.9. The van der Waals surface area contributed by atoms with Gasteiger partial charge in [-0.25, -0.2) is 4.99 Å². The molecule has 0 N–H and O–H groups in total. The average molecular weight is 355 g/mol. The van der Waals surface area contributed by atoms with Crippen LogP contribution in [0.15, 0.2) is 53.5 Å². The summed E-state index contributed by atoms with van der Waals surface area (Å²) < 4.78 is 18.5. The summed E-state index contributed by atoms with van der Waals surface area (Å²) in [7, 11) is -1.27. The number of hydrogen-bond acceptors (Lipinski definition) is 4. The Morgan fingerprint density at radius 1 is 1.04 bits per heavy atom. The van der Waals surface area contributed by atoms with Crippen molar-refractivity contribution < 1.29 is 13.8 Å². The summed E-state index contributed by atoms with van der Waals surface area (Å²) in [6.07, 6.45) is 0. The molecule has 2 aliphatic heterocycles. The normalized spacial score (nSPS) is 20.8. The van der Waals surface area contributed by atoms with E-state index in [0.717, 1.165) is 16.6 Å². The highest BCUT2D eigenvalue weighted by molar-refractivity contribution is 7.57. The first-order chi connectivity index (χ1) is 11.9. The quantitative estimate of drug-likeness (QED) is 0.750. The Bertz CT molecular complexity index is 844. The molecule has 0 fully saturated rings. The van der Waals surface area contributed by atoms with E-state index < -0.39 is 14.0 Å². The second kappa shape index (κ2) is 5.82. The predicted molar refractivity (Wildman–Crippen MR) is 102 cm³/mol. The van der Waals surface area contributed by atoms with E-state index in [9.17, 15) is 0 Å². The fourth-order valence-corrected chi connectivity index (χ4v) is 4.64. The van der Waals surface area contributed by atoms with Crippen molar-refractivity contribution in [2.75, 3.05) is 6.61 Å². The Morgan fingerprint density at radius 2 is 1.72 bits per heavy atom. The van der Waals surface area contributed by atoms with Gasteiger partial charge in [0.05, 0.1) is 10.8 Å². The largest absolute Gasteiger partial charge is 0.476 e. The molecule has 25 heavy (non-hydrogen) atoms. The van der Waals surface area contributed by atoms with Gasteiger partial charge in [-0.15, -0.1) is 0 Å². The number of para-hydroxylation sites is 1. The minimum atomic E-state index is -1.27. The van der Waals surface area contributed by atoms with Crippen LogP contribution in [0.1, 0.15) is 27.7 Å². The van der Waals surface area contributed by atoms with E-state index in [1.807, 2.05) is 44.2 Å². The molecule has 4 rings (SSSR count). The van der Waals surface area contributed by atoms with Gasteiger partial charge in [-0.1, -0.05) is 36.4 Å². The molecule has 4 nitrogen and oxygen atoms in total. The molecule has 2 aromatic rings. The van der Waals surface area contributed by atoms with Crippen molar-refractivity contribution in [2.24, 2.45) is 4.99 Å². The van der Waals surface area contributed by atoms with Gasteiger partial charge in [0.15, 0.2) is 0 Å². The molecular weight excluding hydrogens is 333 g/mol. The first kappa shape index (κ1) is 16.6. The lowest BCUT2D eigenvalue weighted by molar-refractivity contribution is 0.149. The molecule has 1 atom stereocenters. The van der Waals surface area contributed by atoms with Gasteiger partial charge in [0.1, 0.15) is 18.0 Å².